The highest BCUT2D eigenvalue weighted by Crippen LogP contribution is 2.42. The zero-order valence-corrected chi connectivity index (χ0v) is 12.0. The highest BCUT2D eigenvalue weighted by atomic mass is 16.5. The topological polar surface area (TPSA) is 87.0 Å². The lowest BCUT2D eigenvalue weighted by atomic mass is 9.68. The van der Waals surface area contributed by atoms with E-state index < -0.39 is 23.6 Å². The number of aliphatic hydroxyl groups is 2. The smallest absolute Gasteiger partial charge is 0.306 e. The van der Waals surface area contributed by atoms with Gasteiger partial charge in [-0.3, -0.25) is 4.79 Å². The van der Waals surface area contributed by atoms with Crippen LogP contribution in [-0.2, 0) is 9.53 Å². The van der Waals surface area contributed by atoms with Crippen LogP contribution < -0.4 is 0 Å². The molecule has 1 rings (SSSR count). The lowest BCUT2D eigenvalue weighted by Crippen LogP contribution is -2.44. The van der Waals surface area contributed by atoms with Crippen molar-refractivity contribution in [1.82, 2.24) is 0 Å². The molecule has 1 aliphatic rings. The van der Waals surface area contributed by atoms with Crippen molar-refractivity contribution in [1.29, 1.82) is 0 Å². The third kappa shape index (κ3) is 4.44. The van der Waals surface area contributed by atoms with Gasteiger partial charge >= 0.3 is 5.97 Å². The Labute approximate surface area is 114 Å². The number of rotatable bonds is 6. The first-order chi connectivity index (χ1) is 8.79. The van der Waals surface area contributed by atoms with Gasteiger partial charge in [-0.25, -0.2) is 0 Å². The minimum absolute atomic E-state index is 0.0473. The quantitative estimate of drug-likeness (QED) is 0.679. The third-order valence-electron chi connectivity index (χ3n) is 4.18. The molecular weight excluding hydrogens is 248 g/mol. The zero-order chi connectivity index (χ0) is 14.6. The van der Waals surface area contributed by atoms with E-state index in [1.807, 2.05) is 6.92 Å². The number of hydrogen-bond acceptors (Lipinski definition) is 4. The largest absolute Gasteiger partial charge is 0.481 e. The predicted octanol–water partition coefficient (Wildman–Crippen LogP) is 1.27. The molecule has 1 aliphatic carbocycles. The first-order valence-electron chi connectivity index (χ1n) is 6.95. The number of carboxylic acid groups (broad SMARTS) is 1. The van der Waals surface area contributed by atoms with Gasteiger partial charge in [-0.2, -0.15) is 0 Å². The van der Waals surface area contributed by atoms with E-state index in [0.29, 0.717) is 12.3 Å². The lowest BCUT2D eigenvalue weighted by Gasteiger charge is -2.42. The summed E-state index contributed by atoms with van der Waals surface area (Å²) in [5.41, 5.74) is -0.523. The fourth-order valence-corrected chi connectivity index (χ4v) is 2.94. The number of carbonyl (C=O) groups is 1. The molecule has 1 saturated carbocycles. The molecule has 0 radical (unpaired) electrons. The summed E-state index contributed by atoms with van der Waals surface area (Å²) in [5, 5.41) is 27.5. The van der Waals surface area contributed by atoms with E-state index in [4.69, 9.17) is 9.84 Å². The second-order valence-corrected chi connectivity index (χ2v) is 6.19. The maximum Gasteiger partial charge on any atom is 0.306 e. The van der Waals surface area contributed by atoms with Crippen molar-refractivity contribution in [2.75, 3.05) is 13.2 Å². The Morgan fingerprint density at radius 2 is 2.11 bits per heavy atom. The Morgan fingerprint density at radius 1 is 1.47 bits per heavy atom. The third-order valence-corrected chi connectivity index (χ3v) is 4.18. The molecule has 19 heavy (non-hydrogen) atoms. The average molecular weight is 274 g/mol. The van der Waals surface area contributed by atoms with Crippen molar-refractivity contribution in [3.05, 3.63) is 0 Å². The fraction of sp³-hybridized carbons (Fsp3) is 0.929. The summed E-state index contributed by atoms with van der Waals surface area (Å²) in [6.45, 7) is 5.71. The minimum atomic E-state index is -0.900. The fourth-order valence-electron chi connectivity index (χ4n) is 2.94. The van der Waals surface area contributed by atoms with Crippen LogP contribution in [0.2, 0.25) is 0 Å². The van der Waals surface area contributed by atoms with Gasteiger partial charge in [0.2, 0.25) is 0 Å². The molecule has 0 aliphatic heterocycles. The molecule has 0 aromatic rings. The summed E-state index contributed by atoms with van der Waals surface area (Å²) in [5.74, 6) is -0.647. The SMILES string of the molecule is CC(C)C1CCC(C)(OCC(O)CO)CC1C(=O)O. The number of aliphatic hydroxyl groups excluding tert-OH is 2. The van der Waals surface area contributed by atoms with Crippen molar-refractivity contribution in [2.24, 2.45) is 17.8 Å². The van der Waals surface area contributed by atoms with Gasteiger partial charge in [-0.15, -0.1) is 0 Å². The van der Waals surface area contributed by atoms with Crippen molar-refractivity contribution >= 4 is 5.97 Å². The summed E-state index contributed by atoms with van der Waals surface area (Å²) in [6.07, 6.45) is 1.17. The zero-order valence-electron chi connectivity index (χ0n) is 12.0. The van der Waals surface area contributed by atoms with Gasteiger partial charge in [-0.1, -0.05) is 13.8 Å². The first kappa shape index (κ1) is 16.4. The summed E-state index contributed by atoms with van der Waals surface area (Å²) in [6, 6.07) is 0. The standard InChI is InChI=1S/C14H26O5/c1-9(2)11-4-5-14(3,6-12(11)13(17)18)19-8-10(16)7-15/h9-12,15-16H,4-8H2,1-3H3,(H,17,18). The molecule has 1 fully saturated rings. The van der Waals surface area contributed by atoms with E-state index in [-0.39, 0.29) is 19.1 Å². The average Bonchev–Trinajstić information content (AvgIpc) is 2.35. The molecule has 0 heterocycles. The summed E-state index contributed by atoms with van der Waals surface area (Å²) in [7, 11) is 0. The molecule has 0 aromatic carbocycles. The van der Waals surface area contributed by atoms with Gasteiger partial charge in [0.1, 0.15) is 6.10 Å². The van der Waals surface area contributed by atoms with Crippen LogP contribution in [-0.4, -0.2) is 46.2 Å². The Hall–Kier alpha value is -0.650. The number of ether oxygens (including phenoxy) is 1. The molecule has 0 aromatic heterocycles. The molecule has 4 unspecified atom stereocenters. The lowest BCUT2D eigenvalue weighted by molar-refractivity contribution is -0.157. The highest BCUT2D eigenvalue weighted by Gasteiger charge is 2.43. The molecule has 0 bridgehead atoms. The molecule has 5 heteroatoms. The second kappa shape index (κ2) is 6.68. The summed E-state index contributed by atoms with van der Waals surface area (Å²) in [4.78, 5) is 11.4. The van der Waals surface area contributed by atoms with Gasteiger partial charge in [-0.05, 0) is 38.0 Å². The van der Waals surface area contributed by atoms with Crippen LogP contribution in [0.1, 0.15) is 40.0 Å². The van der Waals surface area contributed by atoms with Crippen molar-refractivity contribution in [2.45, 2.75) is 51.7 Å². The van der Waals surface area contributed by atoms with E-state index in [0.717, 1.165) is 12.8 Å². The number of hydrogen-bond donors (Lipinski definition) is 3. The Kier molecular flexibility index (Phi) is 5.77. The van der Waals surface area contributed by atoms with Crippen molar-refractivity contribution in [3.63, 3.8) is 0 Å². The number of carboxylic acids is 1. The molecule has 112 valence electrons. The van der Waals surface area contributed by atoms with Gasteiger partial charge in [0, 0.05) is 0 Å². The normalized spacial score (nSPS) is 33.4. The molecule has 0 saturated heterocycles. The second-order valence-electron chi connectivity index (χ2n) is 6.19. The van der Waals surface area contributed by atoms with E-state index in [2.05, 4.69) is 13.8 Å². The Bertz CT molecular complexity index is 304. The molecule has 3 N–H and O–H groups in total. The van der Waals surface area contributed by atoms with Gasteiger partial charge in [0.05, 0.1) is 24.7 Å². The van der Waals surface area contributed by atoms with Gasteiger partial charge < -0.3 is 20.1 Å². The summed E-state index contributed by atoms with van der Waals surface area (Å²) < 4.78 is 5.66. The van der Waals surface area contributed by atoms with Crippen LogP contribution in [0, 0.1) is 17.8 Å². The minimum Gasteiger partial charge on any atom is -0.481 e. The van der Waals surface area contributed by atoms with Crippen LogP contribution in [0.25, 0.3) is 0 Å². The number of aliphatic carboxylic acids is 1. The Balaban J connectivity index is 2.66. The van der Waals surface area contributed by atoms with Gasteiger partial charge in [0.15, 0.2) is 0 Å². The molecular formula is C14H26O5. The molecule has 4 atom stereocenters. The van der Waals surface area contributed by atoms with E-state index in [1.54, 1.807) is 0 Å². The van der Waals surface area contributed by atoms with Gasteiger partial charge in [0.25, 0.3) is 0 Å². The molecule has 5 nitrogen and oxygen atoms in total. The van der Waals surface area contributed by atoms with Crippen molar-refractivity contribution in [3.8, 4) is 0 Å². The van der Waals surface area contributed by atoms with Crippen LogP contribution in [0.15, 0.2) is 0 Å². The summed E-state index contributed by atoms with van der Waals surface area (Å²) >= 11 is 0. The monoisotopic (exact) mass is 274 g/mol. The maximum atomic E-state index is 11.4. The molecule has 0 spiro atoms. The van der Waals surface area contributed by atoms with Crippen LogP contribution in [0.5, 0.6) is 0 Å². The van der Waals surface area contributed by atoms with Crippen molar-refractivity contribution < 1.29 is 24.9 Å². The van der Waals surface area contributed by atoms with E-state index in [9.17, 15) is 15.0 Å². The Morgan fingerprint density at radius 3 is 2.58 bits per heavy atom. The van der Waals surface area contributed by atoms with E-state index in [1.165, 1.54) is 0 Å². The predicted molar refractivity (Wildman–Crippen MR) is 70.8 cm³/mol. The molecule has 0 amide bonds. The van der Waals surface area contributed by atoms with Crippen LogP contribution >= 0.6 is 0 Å². The first-order valence-corrected chi connectivity index (χ1v) is 6.95. The highest BCUT2D eigenvalue weighted by molar-refractivity contribution is 5.70. The van der Waals surface area contributed by atoms with Crippen LogP contribution in [0.3, 0.4) is 0 Å². The van der Waals surface area contributed by atoms with E-state index >= 15 is 0 Å². The maximum absolute atomic E-state index is 11.4. The van der Waals surface area contributed by atoms with Crippen LogP contribution in [0.4, 0.5) is 0 Å².